The number of hydrogen-bond acceptors (Lipinski definition) is 5. The van der Waals surface area contributed by atoms with Crippen molar-refractivity contribution >= 4 is 34.1 Å². The van der Waals surface area contributed by atoms with Crippen LogP contribution in [-0.2, 0) is 0 Å². The number of methoxy groups -OCH3 is 1. The number of halogens is 1. The Kier molecular flexibility index (Phi) is 4.84. The number of hydrogen-bond donors (Lipinski definition) is 1. The molecule has 2 heterocycles. The summed E-state index contributed by atoms with van der Waals surface area (Å²) >= 11 is 5.99. The molecule has 0 saturated heterocycles. The van der Waals surface area contributed by atoms with Gasteiger partial charge in [0.15, 0.2) is 11.5 Å². The van der Waals surface area contributed by atoms with Crippen molar-refractivity contribution in [3.05, 3.63) is 77.3 Å². The van der Waals surface area contributed by atoms with Crippen LogP contribution in [0.1, 0.15) is 10.4 Å². The van der Waals surface area contributed by atoms with Crippen LogP contribution >= 0.6 is 11.6 Å². The van der Waals surface area contributed by atoms with Crippen LogP contribution in [-0.4, -0.2) is 24.8 Å². The van der Waals surface area contributed by atoms with E-state index in [4.69, 9.17) is 30.8 Å². The van der Waals surface area contributed by atoms with Gasteiger partial charge in [0, 0.05) is 33.3 Å². The van der Waals surface area contributed by atoms with E-state index < -0.39 is 0 Å². The lowest BCUT2D eigenvalue weighted by Gasteiger charge is -2.11. The second-order valence-corrected chi connectivity index (χ2v) is 7.41. The molecule has 5 rings (SSSR count). The number of carbonyl (C=O) groups excluding carboxylic acids is 1. The number of rotatable bonds is 4. The zero-order valence-corrected chi connectivity index (χ0v) is 17.3. The molecule has 1 aromatic heterocycles. The highest BCUT2D eigenvalue weighted by molar-refractivity contribution is 6.30. The van der Waals surface area contributed by atoms with Crippen molar-refractivity contribution in [1.82, 2.24) is 4.98 Å². The zero-order chi connectivity index (χ0) is 21.4. The number of fused-ring (bicyclic) bond motifs is 2. The summed E-state index contributed by atoms with van der Waals surface area (Å²) in [7, 11) is 1.61. The van der Waals surface area contributed by atoms with Gasteiger partial charge in [-0.05, 0) is 48.5 Å². The Bertz CT molecular complexity index is 1310. The molecule has 7 heteroatoms. The fourth-order valence-electron chi connectivity index (χ4n) is 3.45. The van der Waals surface area contributed by atoms with Crippen LogP contribution in [0, 0.1) is 0 Å². The van der Waals surface area contributed by atoms with Crippen molar-refractivity contribution in [2.24, 2.45) is 0 Å². The summed E-state index contributed by atoms with van der Waals surface area (Å²) < 4.78 is 16.2. The number of anilines is 1. The standard InChI is InChI=1S/C24H17ClN2O4/c1-29-22-12-20(14-2-5-16(25)6-3-14)27-19-8-7-17(11-18(19)22)26-24(28)15-4-9-21-23(10-15)31-13-30-21/h2-12H,13H2,1H3,(H,26,28). The van der Waals surface area contributed by atoms with Gasteiger partial charge in [-0.2, -0.15) is 0 Å². The van der Waals surface area contributed by atoms with E-state index in [0.717, 1.165) is 22.2 Å². The molecule has 1 amide bonds. The Labute approximate surface area is 183 Å². The van der Waals surface area contributed by atoms with Crippen molar-refractivity contribution in [1.29, 1.82) is 0 Å². The molecule has 1 aliphatic rings. The van der Waals surface area contributed by atoms with Gasteiger partial charge in [0.25, 0.3) is 5.91 Å². The van der Waals surface area contributed by atoms with Gasteiger partial charge in [-0.1, -0.05) is 23.7 Å². The third-order valence-corrected chi connectivity index (χ3v) is 5.28. The first-order valence-electron chi connectivity index (χ1n) is 9.56. The van der Waals surface area contributed by atoms with Gasteiger partial charge in [0.05, 0.1) is 18.3 Å². The molecule has 154 valence electrons. The molecule has 0 radical (unpaired) electrons. The second kappa shape index (κ2) is 7.81. The minimum absolute atomic E-state index is 0.163. The van der Waals surface area contributed by atoms with E-state index in [9.17, 15) is 4.79 Å². The summed E-state index contributed by atoms with van der Waals surface area (Å²) in [6.45, 7) is 0.163. The molecule has 1 aliphatic heterocycles. The lowest BCUT2D eigenvalue weighted by molar-refractivity contribution is 0.102. The molecular weight excluding hydrogens is 416 g/mol. The van der Waals surface area contributed by atoms with Gasteiger partial charge in [0.1, 0.15) is 5.75 Å². The molecule has 0 bridgehead atoms. The maximum absolute atomic E-state index is 12.7. The van der Waals surface area contributed by atoms with E-state index in [0.29, 0.717) is 33.5 Å². The van der Waals surface area contributed by atoms with E-state index in [-0.39, 0.29) is 12.7 Å². The normalized spacial score (nSPS) is 12.1. The number of benzene rings is 3. The fraction of sp³-hybridized carbons (Fsp3) is 0.0833. The minimum Gasteiger partial charge on any atom is -0.496 e. The van der Waals surface area contributed by atoms with Crippen molar-refractivity contribution < 1.29 is 19.0 Å². The molecule has 0 fully saturated rings. The first kappa shape index (κ1) is 19.2. The first-order chi connectivity index (χ1) is 15.1. The Morgan fingerprint density at radius 1 is 1.00 bits per heavy atom. The van der Waals surface area contributed by atoms with Crippen molar-refractivity contribution in [3.8, 4) is 28.5 Å². The van der Waals surface area contributed by atoms with Crippen LogP contribution < -0.4 is 19.5 Å². The van der Waals surface area contributed by atoms with Crippen LogP contribution in [0.25, 0.3) is 22.2 Å². The molecule has 1 N–H and O–H groups in total. The summed E-state index contributed by atoms with van der Waals surface area (Å²) in [5.74, 6) is 1.61. The quantitative estimate of drug-likeness (QED) is 0.458. The maximum Gasteiger partial charge on any atom is 0.255 e. The highest BCUT2D eigenvalue weighted by atomic mass is 35.5. The average Bonchev–Trinajstić information content (AvgIpc) is 3.27. The molecule has 3 aromatic carbocycles. The molecule has 4 aromatic rings. The van der Waals surface area contributed by atoms with Crippen molar-refractivity contribution in [2.45, 2.75) is 0 Å². The summed E-state index contributed by atoms with van der Waals surface area (Å²) in [4.78, 5) is 17.4. The van der Waals surface area contributed by atoms with Crippen LogP contribution in [0.15, 0.2) is 66.7 Å². The van der Waals surface area contributed by atoms with Crippen LogP contribution in [0.3, 0.4) is 0 Å². The minimum atomic E-state index is -0.248. The molecule has 0 saturated carbocycles. The zero-order valence-electron chi connectivity index (χ0n) is 16.5. The van der Waals surface area contributed by atoms with Gasteiger partial charge in [0.2, 0.25) is 6.79 Å². The molecule has 0 spiro atoms. The molecule has 0 atom stereocenters. The number of ether oxygens (including phenoxy) is 3. The Balaban J connectivity index is 1.46. The molecule has 31 heavy (non-hydrogen) atoms. The topological polar surface area (TPSA) is 69.7 Å². The van der Waals surface area contributed by atoms with E-state index in [2.05, 4.69) is 5.32 Å². The predicted octanol–water partition coefficient (Wildman–Crippen LogP) is 5.54. The number of aromatic nitrogens is 1. The lowest BCUT2D eigenvalue weighted by atomic mass is 10.1. The smallest absolute Gasteiger partial charge is 0.255 e. The van der Waals surface area contributed by atoms with Gasteiger partial charge in [-0.15, -0.1) is 0 Å². The average molecular weight is 433 g/mol. The van der Waals surface area contributed by atoms with Gasteiger partial charge in [-0.3, -0.25) is 4.79 Å². The van der Waals surface area contributed by atoms with Crippen molar-refractivity contribution in [3.63, 3.8) is 0 Å². The number of carbonyl (C=O) groups is 1. The van der Waals surface area contributed by atoms with Crippen LogP contribution in [0.4, 0.5) is 5.69 Å². The first-order valence-corrected chi connectivity index (χ1v) is 9.94. The van der Waals surface area contributed by atoms with E-state index >= 15 is 0 Å². The largest absolute Gasteiger partial charge is 0.496 e. The maximum atomic E-state index is 12.7. The molecule has 6 nitrogen and oxygen atoms in total. The molecule has 0 aliphatic carbocycles. The Morgan fingerprint density at radius 2 is 1.81 bits per heavy atom. The summed E-state index contributed by atoms with van der Waals surface area (Å²) in [5.41, 5.74) is 3.58. The summed E-state index contributed by atoms with van der Waals surface area (Å²) in [6, 6.07) is 19.9. The van der Waals surface area contributed by atoms with Crippen LogP contribution in [0.2, 0.25) is 5.02 Å². The Hall–Kier alpha value is -3.77. The number of nitrogens with zero attached hydrogens (tertiary/aromatic N) is 1. The number of amides is 1. The monoisotopic (exact) mass is 432 g/mol. The summed E-state index contributed by atoms with van der Waals surface area (Å²) in [5, 5.41) is 4.37. The van der Waals surface area contributed by atoms with Gasteiger partial charge >= 0.3 is 0 Å². The highest BCUT2D eigenvalue weighted by Gasteiger charge is 2.17. The number of pyridine rings is 1. The molecular formula is C24H17ClN2O4. The molecule has 0 unspecified atom stereocenters. The fourth-order valence-corrected chi connectivity index (χ4v) is 3.58. The highest BCUT2D eigenvalue weighted by Crippen LogP contribution is 2.34. The van der Waals surface area contributed by atoms with Gasteiger partial charge < -0.3 is 19.5 Å². The van der Waals surface area contributed by atoms with E-state index in [1.54, 1.807) is 25.3 Å². The van der Waals surface area contributed by atoms with Gasteiger partial charge in [-0.25, -0.2) is 4.98 Å². The SMILES string of the molecule is COc1cc(-c2ccc(Cl)cc2)nc2ccc(NC(=O)c3ccc4c(c3)OCO4)cc12. The lowest BCUT2D eigenvalue weighted by Crippen LogP contribution is -2.11. The van der Waals surface area contributed by atoms with E-state index in [1.165, 1.54) is 0 Å². The van der Waals surface area contributed by atoms with Crippen molar-refractivity contribution in [2.75, 3.05) is 19.2 Å². The third-order valence-electron chi connectivity index (χ3n) is 5.02. The number of nitrogens with one attached hydrogen (secondary N) is 1. The Morgan fingerprint density at radius 3 is 2.61 bits per heavy atom. The predicted molar refractivity (Wildman–Crippen MR) is 119 cm³/mol. The third kappa shape index (κ3) is 3.73. The van der Waals surface area contributed by atoms with E-state index in [1.807, 2.05) is 48.5 Å². The summed E-state index contributed by atoms with van der Waals surface area (Å²) in [6.07, 6.45) is 0. The van der Waals surface area contributed by atoms with Crippen LogP contribution in [0.5, 0.6) is 17.2 Å². The second-order valence-electron chi connectivity index (χ2n) is 6.97.